The molecule has 0 bridgehead atoms. The first-order valence-corrected chi connectivity index (χ1v) is 13.5. The van der Waals surface area contributed by atoms with Gasteiger partial charge in [0.05, 0.1) is 28.4 Å². The van der Waals surface area contributed by atoms with Crippen molar-refractivity contribution in [3.05, 3.63) is 63.2 Å². The van der Waals surface area contributed by atoms with Gasteiger partial charge >= 0.3 is 6.18 Å². The fourth-order valence-corrected chi connectivity index (χ4v) is 6.23. The molecule has 1 fully saturated rings. The van der Waals surface area contributed by atoms with Crippen LogP contribution in [0.2, 0.25) is 0 Å². The number of nitrogens with one attached hydrogen (secondary N) is 2. The van der Waals surface area contributed by atoms with Gasteiger partial charge in [-0.3, -0.25) is 19.8 Å². The van der Waals surface area contributed by atoms with Crippen molar-refractivity contribution in [1.82, 2.24) is 30.0 Å². The lowest BCUT2D eigenvalue weighted by atomic mass is 10.0. The molecule has 6 heterocycles. The van der Waals surface area contributed by atoms with Gasteiger partial charge in [0.1, 0.15) is 0 Å². The highest BCUT2D eigenvalue weighted by atomic mass is 32.1. The Labute approximate surface area is 226 Å². The molecular formula is C26H27F3N8OS. The molecule has 13 heteroatoms. The maximum atomic E-state index is 13.0. The van der Waals surface area contributed by atoms with E-state index in [1.54, 1.807) is 5.38 Å². The van der Waals surface area contributed by atoms with Gasteiger partial charge in [-0.1, -0.05) is 0 Å². The average molecular weight is 557 g/mol. The van der Waals surface area contributed by atoms with E-state index in [4.69, 9.17) is 0 Å². The minimum Gasteiger partial charge on any atom is -0.352 e. The quantitative estimate of drug-likeness (QED) is 0.384. The Morgan fingerprint density at radius 1 is 1.13 bits per heavy atom. The number of alkyl halides is 3. The second-order valence-electron chi connectivity index (χ2n) is 10.0. The number of aromatic nitrogens is 4. The molecule has 204 valence electrons. The van der Waals surface area contributed by atoms with Crippen LogP contribution in [-0.4, -0.2) is 75.6 Å². The van der Waals surface area contributed by atoms with E-state index in [0.29, 0.717) is 25.1 Å². The predicted molar refractivity (Wildman–Crippen MR) is 143 cm³/mol. The lowest BCUT2D eigenvalue weighted by molar-refractivity contribution is -0.137. The molecule has 0 aliphatic carbocycles. The van der Waals surface area contributed by atoms with Crippen LogP contribution in [0.4, 0.5) is 24.7 Å². The van der Waals surface area contributed by atoms with E-state index in [-0.39, 0.29) is 5.69 Å². The first-order chi connectivity index (χ1) is 18.7. The Hall–Kier alpha value is -3.55. The normalized spacial score (nSPS) is 17.0. The second-order valence-corrected chi connectivity index (χ2v) is 11.0. The van der Waals surface area contributed by atoms with Crippen LogP contribution >= 0.6 is 11.3 Å². The molecule has 9 nitrogen and oxygen atoms in total. The third kappa shape index (κ3) is 5.34. The number of piperazine rings is 1. The summed E-state index contributed by atoms with van der Waals surface area (Å²) < 4.78 is 39.0. The van der Waals surface area contributed by atoms with Crippen LogP contribution in [0.3, 0.4) is 0 Å². The lowest BCUT2D eigenvalue weighted by Crippen LogP contribution is -2.44. The largest absolute Gasteiger partial charge is 0.417 e. The molecule has 6 rings (SSSR count). The Balaban J connectivity index is 1.13. The van der Waals surface area contributed by atoms with Crippen LogP contribution in [0.15, 0.2) is 36.1 Å². The first-order valence-electron chi connectivity index (χ1n) is 12.7. The maximum absolute atomic E-state index is 13.0. The number of nitrogens with zero attached hydrogens (tertiary/aromatic N) is 6. The Bertz CT molecular complexity index is 1510. The number of pyridine rings is 2. The number of likely N-dealkylation sites (N-methyl/N-ethyl adjacent to an activating group) is 1. The third-order valence-corrected chi connectivity index (χ3v) is 8.27. The highest BCUT2D eigenvalue weighted by molar-refractivity contribution is 7.10. The number of hydrogen-bond donors (Lipinski definition) is 2. The predicted octanol–water partition coefficient (Wildman–Crippen LogP) is 4.00. The number of H-pyrrole nitrogens is 1. The number of amides is 1. The number of aromatic amines is 1. The van der Waals surface area contributed by atoms with Gasteiger partial charge in [-0.15, -0.1) is 11.3 Å². The van der Waals surface area contributed by atoms with E-state index in [1.807, 2.05) is 6.20 Å². The number of hydrogen-bond acceptors (Lipinski definition) is 8. The van der Waals surface area contributed by atoms with Crippen molar-refractivity contribution in [3.8, 4) is 0 Å². The summed E-state index contributed by atoms with van der Waals surface area (Å²) in [6.45, 7) is 5.99. The van der Waals surface area contributed by atoms with Crippen molar-refractivity contribution in [2.24, 2.45) is 0 Å². The molecular weight excluding hydrogens is 529 g/mol. The van der Waals surface area contributed by atoms with Crippen LogP contribution in [0.5, 0.6) is 0 Å². The number of halogens is 3. The van der Waals surface area contributed by atoms with Gasteiger partial charge < -0.3 is 15.1 Å². The van der Waals surface area contributed by atoms with Crippen LogP contribution in [0, 0.1) is 0 Å². The monoisotopic (exact) mass is 556 g/mol. The standard InChI is InChI=1S/C26H27F3N8OS/c1-35-4-6-37(7-5-35)24-20-8-16(10-31-23(20)33-34-24)13-36-3-2-19-21(15-39-22(19)14-36)25(38)32-18-9-17(11-30-12-18)26(27,28)29/h8-12,15H,2-7,13-14H2,1H3,(H,32,38)(H,31,33,34). The zero-order valence-corrected chi connectivity index (χ0v) is 22.1. The summed E-state index contributed by atoms with van der Waals surface area (Å²) >= 11 is 1.50. The molecule has 0 atom stereocenters. The summed E-state index contributed by atoms with van der Waals surface area (Å²) in [4.78, 5) is 29.1. The van der Waals surface area contributed by atoms with Crippen molar-refractivity contribution in [2.45, 2.75) is 25.7 Å². The van der Waals surface area contributed by atoms with Gasteiger partial charge in [-0.05, 0) is 36.7 Å². The number of fused-ring (bicyclic) bond motifs is 2. The molecule has 2 aliphatic rings. The van der Waals surface area contributed by atoms with E-state index < -0.39 is 17.6 Å². The smallest absolute Gasteiger partial charge is 0.352 e. The minimum atomic E-state index is -4.53. The van der Waals surface area contributed by atoms with Crippen molar-refractivity contribution in [1.29, 1.82) is 0 Å². The average Bonchev–Trinajstić information content (AvgIpc) is 3.53. The number of carbonyl (C=O) groups is 1. The SMILES string of the molecule is CN1CCN(c2n[nH]c3ncc(CN4CCc5c(C(=O)Nc6cncc(C(F)(F)F)c6)csc5C4)cc23)CC1. The topological polar surface area (TPSA) is 93.3 Å². The molecule has 0 saturated carbocycles. The van der Waals surface area contributed by atoms with Crippen molar-refractivity contribution < 1.29 is 18.0 Å². The van der Waals surface area contributed by atoms with Crippen LogP contribution in [0.25, 0.3) is 11.0 Å². The van der Waals surface area contributed by atoms with E-state index in [2.05, 4.69) is 53.3 Å². The van der Waals surface area contributed by atoms with Crippen molar-refractivity contribution >= 4 is 39.8 Å². The van der Waals surface area contributed by atoms with E-state index >= 15 is 0 Å². The molecule has 1 saturated heterocycles. The number of thiophene rings is 1. The fourth-order valence-electron chi connectivity index (χ4n) is 5.11. The zero-order valence-electron chi connectivity index (χ0n) is 21.3. The summed E-state index contributed by atoms with van der Waals surface area (Å²) in [5, 5.41) is 13.0. The van der Waals surface area contributed by atoms with E-state index in [0.717, 1.165) is 77.8 Å². The van der Waals surface area contributed by atoms with Gasteiger partial charge in [0.15, 0.2) is 11.5 Å². The van der Waals surface area contributed by atoms with Gasteiger partial charge in [-0.2, -0.15) is 18.3 Å². The first kappa shape index (κ1) is 25.7. The highest BCUT2D eigenvalue weighted by Gasteiger charge is 2.31. The molecule has 2 N–H and O–H groups in total. The molecule has 39 heavy (non-hydrogen) atoms. The summed E-state index contributed by atoms with van der Waals surface area (Å²) in [5.74, 6) is 0.520. The number of anilines is 2. The summed E-state index contributed by atoms with van der Waals surface area (Å²) in [5.41, 5.74) is 2.44. The summed E-state index contributed by atoms with van der Waals surface area (Å²) in [6.07, 6.45) is -0.0173. The highest BCUT2D eigenvalue weighted by Crippen LogP contribution is 2.32. The molecule has 1 amide bonds. The Morgan fingerprint density at radius 3 is 2.74 bits per heavy atom. The molecule has 2 aliphatic heterocycles. The Morgan fingerprint density at radius 2 is 1.95 bits per heavy atom. The van der Waals surface area contributed by atoms with Gasteiger partial charge in [-0.25, -0.2) is 4.98 Å². The van der Waals surface area contributed by atoms with Crippen LogP contribution < -0.4 is 10.2 Å². The van der Waals surface area contributed by atoms with Crippen LogP contribution in [0.1, 0.15) is 31.9 Å². The van der Waals surface area contributed by atoms with E-state index in [9.17, 15) is 18.0 Å². The summed E-state index contributed by atoms with van der Waals surface area (Å²) in [7, 11) is 2.13. The zero-order chi connectivity index (χ0) is 27.1. The van der Waals surface area contributed by atoms with Crippen molar-refractivity contribution in [3.63, 3.8) is 0 Å². The van der Waals surface area contributed by atoms with Gasteiger partial charge in [0, 0.05) is 68.5 Å². The van der Waals surface area contributed by atoms with Gasteiger partial charge in [0.25, 0.3) is 5.91 Å². The van der Waals surface area contributed by atoms with Crippen LogP contribution in [-0.2, 0) is 25.7 Å². The number of carbonyl (C=O) groups excluding carboxylic acids is 1. The molecule has 0 spiro atoms. The second kappa shape index (κ2) is 10.2. The maximum Gasteiger partial charge on any atom is 0.417 e. The minimum absolute atomic E-state index is 0.0188. The molecule has 0 unspecified atom stereocenters. The summed E-state index contributed by atoms with van der Waals surface area (Å²) in [6, 6.07) is 3.05. The Kier molecular flexibility index (Phi) is 6.73. The third-order valence-electron chi connectivity index (χ3n) is 7.26. The lowest BCUT2D eigenvalue weighted by Gasteiger charge is -2.32. The van der Waals surface area contributed by atoms with E-state index in [1.165, 1.54) is 17.5 Å². The number of rotatable bonds is 5. The van der Waals surface area contributed by atoms with Crippen molar-refractivity contribution in [2.75, 3.05) is 50.0 Å². The molecule has 0 radical (unpaired) electrons. The molecule has 0 aromatic carbocycles. The molecule has 4 aromatic heterocycles. The van der Waals surface area contributed by atoms with Gasteiger partial charge in [0.2, 0.25) is 0 Å². The molecule has 4 aromatic rings. The fraction of sp³-hybridized carbons (Fsp3) is 0.385.